The van der Waals surface area contributed by atoms with Crippen molar-refractivity contribution in [1.29, 1.82) is 0 Å². The van der Waals surface area contributed by atoms with Gasteiger partial charge in [-0.15, -0.1) is 0 Å². The maximum Gasteiger partial charge on any atom is 0.127 e. The number of hydrogen-bond acceptors (Lipinski definition) is 1. The number of benzene rings is 1. The Hall–Kier alpha value is -0.890. The summed E-state index contributed by atoms with van der Waals surface area (Å²) >= 11 is 0. The Labute approximate surface area is 105 Å². The van der Waals surface area contributed by atoms with Crippen LogP contribution < -0.4 is 0 Å². The first-order valence-electron chi connectivity index (χ1n) is 6.39. The molecule has 96 valence electrons. The Bertz CT molecular complexity index is 362. The third-order valence-electron chi connectivity index (χ3n) is 3.21. The molecule has 0 bridgehead atoms. The molecule has 0 saturated heterocycles. The maximum atomic E-state index is 14.0. The highest BCUT2D eigenvalue weighted by Crippen LogP contribution is 2.24. The second-order valence-corrected chi connectivity index (χ2v) is 5.52. The molecule has 2 heteroatoms. The Kier molecular flexibility index (Phi) is 4.70. The van der Waals surface area contributed by atoms with Crippen LogP contribution in [0.3, 0.4) is 0 Å². The lowest BCUT2D eigenvalue weighted by atomic mass is 9.86. The number of nitrogens with zero attached hydrogens (tertiary/aromatic N) is 1. The molecule has 0 aliphatic carbocycles. The minimum absolute atomic E-state index is 0.00850. The zero-order valence-corrected chi connectivity index (χ0v) is 11.7. The molecule has 0 fully saturated rings. The van der Waals surface area contributed by atoms with E-state index in [4.69, 9.17) is 0 Å². The lowest BCUT2D eigenvalue weighted by Gasteiger charge is -2.22. The van der Waals surface area contributed by atoms with Crippen molar-refractivity contribution in [2.45, 2.75) is 46.6 Å². The van der Waals surface area contributed by atoms with Crippen molar-refractivity contribution in [2.75, 3.05) is 13.1 Å². The van der Waals surface area contributed by atoms with Crippen LogP contribution in [0, 0.1) is 5.82 Å². The van der Waals surface area contributed by atoms with Crippen LogP contribution in [0.4, 0.5) is 4.39 Å². The van der Waals surface area contributed by atoms with Crippen LogP contribution in [-0.2, 0) is 12.0 Å². The third-order valence-corrected chi connectivity index (χ3v) is 3.21. The molecule has 0 radical (unpaired) electrons. The molecule has 0 saturated carbocycles. The van der Waals surface area contributed by atoms with E-state index in [0.29, 0.717) is 6.54 Å². The van der Waals surface area contributed by atoms with Crippen LogP contribution in [0.1, 0.15) is 45.7 Å². The van der Waals surface area contributed by atoms with Crippen LogP contribution in [0.2, 0.25) is 0 Å². The molecule has 0 aliphatic heterocycles. The molecule has 1 nitrogen and oxygen atoms in total. The first kappa shape index (κ1) is 14.2. The van der Waals surface area contributed by atoms with Crippen molar-refractivity contribution in [3.8, 4) is 0 Å². The molecular weight excluding hydrogens is 213 g/mol. The number of halogens is 1. The van der Waals surface area contributed by atoms with E-state index in [-0.39, 0.29) is 11.2 Å². The quantitative estimate of drug-likeness (QED) is 0.766. The van der Waals surface area contributed by atoms with Crippen molar-refractivity contribution >= 4 is 0 Å². The summed E-state index contributed by atoms with van der Waals surface area (Å²) < 4.78 is 14.0. The van der Waals surface area contributed by atoms with Crippen LogP contribution in [0.25, 0.3) is 0 Å². The minimum Gasteiger partial charge on any atom is -0.300 e. The average Bonchev–Trinajstić information content (AvgIpc) is 2.26. The van der Waals surface area contributed by atoms with Crippen molar-refractivity contribution in [2.24, 2.45) is 0 Å². The molecule has 0 atom stereocenters. The topological polar surface area (TPSA) is 3.24 Å². The molecule has 0 unspecified atom stereocenters. The second-order valence-electron chi connectivity index (χ2n) is 5.52. The van der Waals surface area contributed by atoms with Gasteiger partial charge in [0.2, 0.25) is 0 Å². The summed E-state index contributed by atoms with van der Waals surface area (Å²) in [7, 11) is 0. The predicted molar refractivity (Wildman–Crippen MR) is 71.7 cm³/mol. The largest absolute Gasteiger partial charge is 0.300 e. The van der Waals surface area contributed by atoms with Gasteiger partial charge in [0, 0.05) is 12.1 Å². The lowest BCUT2D eigenvalue weighted by molar-refractivity contribution is 0.291. The van der Waals surface area contributed by atoms with Gasteiger partial charge in [-0.3, -0.25) is 4.90 Å². The van der Waals surface area contributed by atoms with Crippen molar-refractivity contribution in [1.82, 2.24) is 4.90 Å². The molecule has 0 amide bonds. The Morgan fingerprint density at radius 1 is 1.12 bits per heavy atom. The molecule has 0 spiro atoms. The summed E-state index contributed by atoms with van der Waals surface area (Å²) in [6, 6.07) is 5.65. The van der Waals surface area contributed by atoms with Gasteiger partial charge in [0.1, 0.15) is 5.82 Å². The van der Waals surface area contributed by atoms with E-state index < -0.39 is 0 Å². The Morgan fingerprint density at radius 3 is 2.12 bits per heavy atom. The minimum atomic E-state index is -0.0793. The van der Waals surface area contributed by atoms with Gasteiger partial charge < -0.3 is 0 Å². The smallest absolute Gasteiger partial charge is 0.127 e. The first-order valence-corrected chi connectivity index (χ1v) is 6.39. The molecule has 1 rings (SSSR count). The van der Waals surface area contributed by atoms with Crippen LogP contribution in [0.5, 0.6) is 0 Å². The Balaban J connectivity index is 2.90. The maximum absolute atomic E-state index is 14.0. The van der Waals surface area contributed by atoms with Gasteiger partial charge in [0.25, 0.3) is 0 Å². The van der Waals surface area contributed by atoms with Gasteiger partial charge in [-0.05, 0) is 30.1 Å². The van der Waals surface area contributed by atoms with E-state index in [9.17, 15) is 4.39 Å². The summed E-state index contributed by atoms with van der Waals surface area (Å²) in [6.07, 6.45) is 0. The van der Waals surface area contributed by atoms with Gasteiger partial charge in [-0.2, -0.15) is 0 Å². The Morgan fingerprint density at radius 2 is 1.71 bits per heavy atom. The van der Waals surface area contributed by atoms with E-state index in [1.807, 2.05) is 12.1 Å². The number of rotatable bonds is 4. The van der Waals surface area contributed by atoms with Gasteiger partial charge in [0.15, 0.2) is 0 Å². The van der Waals surface area contributed by atoms with E-state index >= 15 is 0 Å². The van der Waals surface area contributed by atoms with Gasteiger partial charge >= 0.3 is 0 Å². The zero-order chi connectivity index (χ0) is 13.1. The van der Waals surface area contributed by atoms with E-state index in [1.165, 1.54) is 0 Å². The SMILES string of the molecule is CCN(CC)Cc1ccc(C(C)(C)C)cc1F. The fraction of sp³-hybridized carbons (Fsp3) is 0.600. The fourth-order valence-corrected chi connectivity index (χ4v) is 1.83. The monoisotopic (exact) mass is 237 g/mol. The normalized spacial score (nSPS) is 12.2. The molecule has 0 heterocycles. The first-order chi connectivity index (χ1) is 7.88. The highest BCUT2D eigenvalue weighted by molar-refractivity contribution is 5.29. The molecule has 1 aromatic carbocycles. The van der Waals surface area contributed by atoms with Crippen molar-refractivity contribution in [3.63, 3.8) is 0 Å². The van der Waals surface area contributed by atoms with Crippen molar-refractivity contribution < 1.29 is 4.39 Å². The van der Waals surface area contributed by atoms with Gasteiger partial charge in [-0.1, -0.05) is 46.8 Å². The predicted octanol–water partition coefficient (Wildman–Crippen LogP) is 3.97. The molecular formula is C15H24FN. The highest BCUT2D eigenvalue weighted by atomic mass is 19.1. The van der Waals surface area contributed by atoms with Crippen molar-refractivity contribution in [3.05, 3.63) is 35.1 Å². The standard InChI is InChI=1S/C15H24FN/c1-6-17(7-2)11-12-8-9-13(10-14(12)16)15(3,4)5/h8-10H,6-7,11H2,1-5H3. The third kappa shape index (κ3) is 3.81. The van der Waals surface area contributed by atoms with Crippen LogP contribution in [-0.4, -0.2) is 18.0 Å². The molecule has 17 heavy (non-hydrogen) atoms. The number of hydrogen-bond donors (Lipinski definition) is 0. The lowest BCUT2D eigenvalue weighted by Crippen LogP contribution is -2.23. The van der Waals surface area contributed by atoms with E-state index in [0.717, 1.165) is 24.2 Å². The summed E-state index contributed by atoms with van der Waals surface area (Å²) in [5.74, 6) is -0.0793. The van der Waals surface area contributed by atoms with Gasteiger partial charge in [-0.25, -0.2) is 4.39 Å². The molecule has 1 aromatic rings. The summed E-state index contributed by atoms with van der Waals surface area (Å²) in [6.45, 7) is 13.1. The molecule has 0 N–H and O–H groups in total. The van der Waals surface area contributed by atoms with Crippen LogP contribution in [0.15, 0.2) is 18.2 Å². The van der Waals surface area contributed by atoms with Crippen LogP contribution >= 0.6 is 0 Å². The average molecular weight is 237 g/mol. The van der Waals surface area contributed by atoms with E-state index in [2.05, 4.69) is 39.5 Å². The van der Waals surface area contributed by atoms with Gasteiger partial charge in [0.05, 0.1) is 0 Å². The second kappa shape index (κ2) is 5.63. The summed E-state index contributed by atoms with van der Waals surface area (Å²) in [5.41, 5.74) is 1.86. The fourth-order valence-electron chi connectivity index (χ4n) is 1.83. The highest BCUT2D eigenvalue weighted by Gasteiger charge is 2.16. The zero-order valence-electron chi connectivity index (χ0n) is 11.7. The molecule has 0 aliphatic rings. The molecule has 0 aromatic heterocycles. The van der Waals surface area contributed by atoms with E-state index in [1.54, 1.807) is 6.07 Å². The summed E-state index contributed by atoms with van der Waals surface area (Å²) in [5, 5.41) is 0. The summed E-state index contributed by atoms with van der Waals surface area (Å²) in [4.78, 5) is 2.22.